The fourth-order valence-corrected chi connectivity index (χ4v) is 4.18. The number of nitro benzene ring substituents is 1. The highest BCUT2D eigenvalue weighted by Gasteiger charge is 2.22. The van der Waals surface area contributed by atoms with E-state index < -0.39 is 4.92 Å². The molecule has 1 aliphatic heterocycles. The summed E-state index contributed by atoms with van der Waals surface area (Å²) in [5.74, 6) is 1.37. The second kappa shape index (κ2) is 8.40. The number of rotatable bonds is 5. The molecule has 0 N–H and O–H groups in total. The lowest BCUT2D eigenvalue weighted by Gasteiger charge is -2.04. The first-order valence-corrected chi connectivity index (χ1v) is 10.9. The van der Waals surface area contributed by atoms with Gasteiger partial charge in [0.15, 0.2) is 17.3 Å². The fourth-order valence-electron chi connectivity index (χ4n) is 3.35. The Morgan fingerprint density at radius 1 is 1.15 bits per heavy atom. The maximum Gasteiger partial charge on any atom is 0.282 e. The molecular weight excluding hydrogens is 444 g/mol. The third-order valence-electron chi connectivity index (χ3n) is 5.07. The molecule has 0 aliphatic carbocycles. The first-order valence-electron chi connectivity index (χ1n) is 9.98. The van der Waals surface area contributed by atoms with E-state index in [1.54, 1.807) is 23.1 Å². The SMILES string of the molecule is Cc1ccc(C)c(N=c2scc(-c3ccco3)n2N=Cc2cc3c(cc2[N+](=O)[O-])OCO3)c1. The van der Waals surface area contributed by atoms with Crippen LogP contribution in [0.3, 0.4) is 0 Å². The maximum absolute atomic E-state index is 11.6. The Balaban J connectivity index is 1.66. The molecule has 2 aromatic carbocycles. The van der Waals surface area contributed by atoms with Gasteiger partial charge in [-0.25, -0.2) is 9.67 Å². The lowest BCUT2D eigenvalue weighted by atomic mass is 10.1. The van der Waals surface area contributed by atoms with Crippen LogP contribution in [0.1, 0.15) is 16.7 Å². The van der Waals surface area contributed by atoms with Crippen LogP contribution in [0.25, 0.3) is 11.5 Å². The minimum Gasteiger partial charge on any atom is -0.463 e. The largest absolute Gasteiger partial charge is 0.463 e. The van der Waals surface area contributed by atoms with Crippen LogP contribution in [-0.4, -0.2) is 22.6 Å². The van der Waals surface area contributed by atoms with Crippen molar-refractivity contribution >= 4 is 28.9 Å². The number of hydrogen-bond donors (Lipinski definition) is 0. The van der Waals surface area contributed by atoms with Crippen LogP contribution in [0, 0.1) is 24.0 Å². The van der Waals surface area contributed by atoms with Crippen molar-refractivity contribution in [2.45, 2.75) is 13.8 Å². The van der Waals surface area contributed by atoms with E-state index in [-0.39, 0.29) is 18.0 Å². The number of thiazole rings is 1. The van der Waals surface area contributed by atoms with Crippen molar-refractivity contribution in [3.63, 3.8) is 0 Å². The highest BCUT2D eigenvalue weighted by atomic mass is 32.1. The molecule has 0 bridgehead atoms. The van der Waals surface area contributed by atoms with Gasteiger partial charge in [-0.3, -0.25) is 10.1 Å². The topological polar surface area (TPSA) is 104 Å². The van der Waals surface area contributed by atoms with Crippen molar-refractivity contribution in [3.8, 4) is 23.0 Å². The van der Waals surface area contributed by atoms with Crippen molar-refractivity contribution < 1.29 is 18.8 Å². The summed E-state index contributed by atoms with van der Waals surface area (Å²) in [5, 5.41) is 18.1. The predicted octanol–water partition coefficient (Wildman–Crippen LogP) is 5.18. The van der Waals surface area contributed by atoms with E-state index in [0.29, 0.717) is 27.8 Å². The van der Waals surface area contributed by atoms with E-state index in [1.165, 1.54) is 23.6 Å². The summed E-state index contributed by atoms with van der Waals surface area (Å²) < 4.78 is 17.8. The number of nitro groups is 1. The molecule has 166 valence electrons. The zero-order valence-electron chi connectivity index (χ0n) is 17.7. The van der Waals surface area contributed by atoms with E-state index in [9.17, 15) is 10.1 Å². The molecule has 0 fully saturated rings. The van der Waals surface area contributed by atoms with Crippen molar-refractivity contribution in [2.75, 3.05) is 6.79 Å². The number of benzene rings is 2. The molecule has 33 heavy (non-hydrogen) atoms. The Morgan fingerprint density at radius 2 is 1.97 bits per heavy atom. The lowest BCUT2D eigenvalue weighted by molar-refractivity contribution is -0.385. The summed E-state index contributed by atoms with van der Waals surface area (Å²) >= 11 is 1.39. The Kier molecular flexibility index (Phi) is 5.27. The summed E-state index contributed by atoms with van der Waals surface area (Å²) in [6.07, 6.45) is 2.99. The summed E-state index contributed by atoms with van der Waals surface area (Å²) in [5.41, 5.74) is 3.76. The average molecular weight is 462 g/mol. The van der Waals surface area contributed by atoms with Crippen molar-refractivity contribution in [1.82, 2.24) is 4.68 Å². The molecule has 0 unspecified atom stereocenters. The Hall–Kier alpha value is -4.18. The van der Waals surface area contributed by atoms with E-state index >= 15 is 0 Å². The summed E-state index contributed by atoms with van der Waals surface area (Å²) in [6, 6.07) is 12.5. The van der Waals surface area contributed by atoms with Crippen molar-refractivity contribution in [2.24, 2.45) is 10.1 Å². The zero-order chi connectivity index (χ0) is 22.9. The number of aromatic nitrogens is 1. The van der Waals surface area contributed by atoms with E-state index in [4.69, 9.17) is 18.9 Å². The highest BCUT2D eigenvalue weighted by Crippen LogP contribution is 2.37. The van der Waals surface area contributed by atoms with Gasteiger partial charge in [-0.1, -0.05) is 12.1 Å². The van der Waals surface area contributed by atoms with E-state index in [0.717, 1.165) is 16.8 Å². The van der Waals surface area contributed by atoms with Gasteiger partial charge in [0.2, 0.25) is 11.6 Å². The van der Waals surface area contributed by atoms with Crippen LogP contribution in [0.15, 0.2) is 68.6 Å². The smallest absolute Gasteiger partial charge is 0.282 e. The standard InChI is InChI=1S/C23H18N4O5S/c1-14-5-6-15(2)17(8-14)25-23-26(19(12-33-23)20-4-3-7-30-20)24-11-16-9-21-22(32-13-31-21)10-18(16)27(28)29/h3-12H,13H2,1-2H3. The van der Waals surface area contributed by atoms with Gasteiger partial charge in [-0.05, 0) is 49.2 Å². The van der Waals surface area contributed by atoms with Gasteiger partial charge >= 0.3 is 0 Å². The minimum absolute atomic E-state index is 0.0217. The van der Waals surface area contributed by atoms with Gasteiger partial charge in [0.1, 0.15) is 5.69 Å². The minimum atomic E-state index is -0.476. The lowest BCUT2D eigenvalue weighted by Crippen LogP contribution is -2.11. The van der Waals surface area contributed by atoms with Gasteiger partial charge in [0.05, 0.1) is 34.7 Å². The van der Waals surface area contributed by atoms with Crippen molar-refractivity contribution in [3.05, 3.63) is 85.7 Å². The molecule has 0 amide bonds. The van der Waals surface area contributed by atoms with Crippen LogP contribution in [-0.2, 0) is 0 Å². The van der Waals surface area contributed by atoms with Gasteiger partial charge in [0, 0.05) is 5.38 Å². The van der Waals surface area contributed by atoms with Crippen LogP contribution in [0.5, 0.6) is 11.5 Å². The highest BCUT2D eigenvalue weighted by molar-refractivity contribution is 7.07. The third kappa shape index (κ3) is 4.03. The fraction of sp³-hybridized carbons (Fsp3) is 0.130. The molecule has 0 saturated carbocycles. The summed E-state index contributed by atoms with van der Waals surface area (Å²) in [4.78, 5) is 16.5. The molecule has 0 atom stereocenters. The van der Waals surface area contributed by atoms with Crippen LogP contribution in [0.4, 0.5) is 11.4 Å². The molecular formula is C23H18N4O5S. The van der Waals surface area contributed by atoms with E-state index in [2.05, 4.69) is 5.10 Å². The molecule has 0 spiro atoms. The number of ether oxygens (including phenoxy) is 2. The summed E-state index contributed by atoms with van der Waals surface area (Å²) in [6.45, 7) is 4.02. The molecule has 0 radical (unpaired) electrons. The Labute approximate surface area is 192 Å². The van der Waals surface area contributed by atoms with Gasteiger partial charge in [-0.2, -0.15) is 5.10 Å². The zero-order valence-corrected chi connectivity index (χ0v) is 18.5. The molecule has 1 aliphatic rings. The van der Waals surface area contributed by atoms with E-state index in [1.807, 2.05) is 43.5 Å². The first kappa shape index (κ1) is 20.7. The number of fused-ring (bicyclic) bond motifs is 1. The average Bonchev–Trinajstić information content (AvgIpc) is 3.54. The quantitative estimate of drug-likeness (QED) is 0.231. The third-order valence-corrected chi connectivity index (χ3v) is 5.89. The Morgan fingerprint density at radius 3 is 2.73 bits per heavy atom. The second-order valence-electron chi connectivity index (χ2n) is 7.36. The maximum atomic E-state index is 11.6. The van der Waals surface area contributed by atoms with Gasteiger partial charge in [0.25, 0.3) is 5.69 Å². The second-order valence-corrected chi connectivity index (χ2v) is 8.20. The van der Waals surface area contributed by atoms with Crippen LogP contribution in [0.2, 0.25) is 0 Å². The van der Waals surface area contributed by atoms with Gasteiger partial charge in [-0.15, -0.1) is 11.3 Å². The normalized spacial score (nSPS) is 13.2. The van der Waals surface area contributed by atoms with Crippen LogP contribution < -0.4 is 14.3 Å². The van der Waals surface area contributed by atoms with Gasteiger partial charge < -0.3 is 13.9 Å². The molecule has 9 nitrogen and oxygen atoms in total. The predicted molar refractivity (Wildman–Crippen MR) is 123 cm³/mol. The Bertz CT molecular complexity index is 1450. The number of aryl methyl sites for hydroxylation is 2. The molecule has 10 heteroatoms. The van der Waals surface area contributed by atoms with Crippen molar-refractivity contribution in [1.29, 1.82) is 0 Å². The molecule has 5 rings (SSSR count). The monoisotopic (exact) mass is 462 g/mol. The first-order chi connectivity index (χ1) is 16.0. The van der Waals surface area contributed by atoms with Crippen LogP contribution >= 0.6 is 11.3 Å². The number of nitrogens with zero attached hydrogens (tertiary/aromatic N) is 4. The molecule has 4 aromatic rings. The number of hydrogen-bond acceptors (Lipinski definition) is 8. The molecule has 0 saturated heterocycles. The molecule has 2 aromatic heterocycles. The number of furan rings is 1. The summed E-state index contributed by atoms with van der Waals surface area (Å²) in [7, 11) is 0. The molecule has 3 heterocycles.